The van der Waals surface area contributed by atoms with Crippen LogP contribution in [0.3, 0.4) is 0 Å². The molecule has 1 aromatic heterocycles. The third kappa shape index (κ3) is 5.64. The van der Waals surface area contributed by atoms with Gasteiger partial charge in [0.05, 0.1) is 28.6 Å². The zero-order valence-corrected chi connectivity index (χ0v) is 15.4. The molecule has 0 radical (unpaired) electrons. The summed E-state index contributed by atoms with van der Waals surface area (Å²) in [6, 6.07) is 11.5. The Kier molecular flexibility index (Phi) is 6.65. The van der Waals surface area contributed by atoms with Crippen molar-refractivity contribution in [3.05, 3.63) is 89.3 Å². The molecule has 29 heavy (non-hydrogen) atoms. The minimum atomic E-state index is -1.12. The van der Waals surface area contributed by atoms with E-state index in [2.05, 4.69) is 11.7 Å². The van der Waals surface area contributed by atoms with Gasteiger partial charge in [0.25, 0.3) is 0 Å². The van der Waals surface area contributed by atoms with E-state index in [4.69, 9.17) is 15.3 Å². The largest absolute Gasteiger partial charge is 0.478 e. The lowest BCUT2D eigenvalue weighted by atomic mass is 10.1. The Morgan fingerprint density at radius 2 is 1.41 bits per heavy atom. The van der Waals surface area contributed by atoms with Crippen LogP contribution in [0.15, 0.2) is 61.4 Å². The molecule has 0 aliphatic carbocycles. The van der Waals surface area contributed by atoms with Gasteiger partial charge in [0.15, 0.2) is 0 Å². The van der Waals surface area contributed by atoms with Gasteiger partial charge < -0.3 is 15.3 Å². The topological polar surface area (TPSA) is 130 Å². The van der Waals surface area contributed by atoms with E-state index < -0.39 is 17.9 Å². The summed E-state index contributed by atoms with van der Waals surface area (Å²) in [7, 11) is 0. The van der Waals surface area contributed by atoms with E-state index in [1.54, 1.807) is 13.0 Å². The third-order valence-electron chi connectivity index (χ3n) is 3.79. The first kappa shape index (κ1) is 21.1. The molecular formula is C21H18N2O6. The van der Waals surface area contributed by atoms with Crippen molar-refractivity contribution in [3.63, 3.8) is 0 Å². The molecule has 3 N–H and O–H groups in total. The van der Waals surface area contributed by atoms with Crippen LogP contribution in [0.1, 0.15) is 42.2 Å². The number of carboxylic acids is 3. The maximum absolute atomic E-state index is 10.7. The number of aromatic nitrogens is 2. The van der Waals surface area contributed by atoms with Crippen LogP contribution in [0, 0.1) is 6.92 Å². The van der Waals surface area contributed by atoms with Crippen LogP contribution >= 0.6 is 0 Å². The molecule has 0 spiro atoms. The molecule has 1 heterocycles. The van der Waals surface area contributed by atoms with Crippen LogP contribution in [0.4, 0.5) is 0 Å². The monoisotopic (exact) mass is 394 g/mol. The Morgan fingerprint density at radius 1 is 0.897 bits per heavy atom. The van der Waals surface area contributed by atoms with Gasteiger partial charge in [0.2, 0.25) is 0 Å². The molecule has 0 aliphatic heterocycles. The Bertz CT molecular complexity index is 1030. The maximum atomic E-state index is 10.7. The summed E-state index contributed by atoms with van der Waals surface area (Å²) >= 11 is 0. The van der Waals surface area contributed by atoms with Crippen molar-refractivity contribution >= 4 is 24.0 Å². The lowest BCUT2D eigenvalue weighted by molar-refractivity contribution is 0.0682. The van der Waals surface area contributed by atoms with Gasteiger partial charge in [-0.1, -0.05) is 24.8 Å². The average molecular weight is 394 g/mol. The molecule has 0 amide bonds. The summed E-state index contributed by atoms with van der Waals surface area (Å²) in [4.78, 5) is 31.7. The number of hydrogen-bond donors (Lipinski definition) is 3. The lowest BCUT2D eigenvalue weighted by Crippen LogP contribution is -2.02. The fraction of sp³-hybridized carbons (Fsp3) is 0.0476. The Labute approximate surface area is 166 Å². The summed E-state index contributed by atoms with van der Waals surface area (Å²) in [6.07, 6.45) is 4.55. The standard InChI is InChI=1S/C12H10N2O2.C9H8O4/c1-2-9-3-5-11(6-4-9)14-8-10(7-13-14)12(15)16;1-5-2-6(8(10)11)4-7(3-5)9(12)13/h2-8H,1H2,(H,15,16);2-4H,1H3,(H,10,11)(H,12,13). The number of hydrogen-bond acceptors (Lipinski definition) is 4. The van der Waals surface area contributed by atoms with Crippen molar-refractivity contribution in [1.29, 1.82) is 0 Å². The second kappa shape index (κ2) is 9.14. The van der Waals surface area contributed by atoms with E-state index in [0.29, 0.717) is 5.56 Å². The van der Waals surface area contributed by atoms with E-state index in [1.807, 2.05) is 24.3 Å². The normalized spacial score (nSPS) is 9.83. The maximum Gasteiger partial charge on any atom is 0.338 e. The molecule has 2 aromatic carbocycles. The number of aryl methyl sites for hydroxylation is 1. The first-order chi connectivity index (χ1) is 13.7. The fourth-order valence-corrected chi connectivity index (χ4v) is 2.37. The summed E-state index contributed by atoms with van der Waals surface area (Å²) in [6.45, 7) is 5.31. The zero-order valence-electron chi connectivity index (χ0n) is 15.4. The second-order valence-electron chi connectivity index (χ2n) is 5.97. The van der Waals surface area contributed by atoms with Gasteiger partial charge in [0.1, 0.15) is 0 Å². The molecule has 148 valence electrons. The number of nitrogens with zero attached hydrogens (tertiary/aromatic N) is 2. The van der Waals surface area contributed by atoms with Crippen LogP contribution in [0.2, 0.25) is 0 Å². The molecule has 0 bridgehead atoms. The second-order valence-corrected chi connectivity index (χ2v) is 5.97. The predicted octanol–water partition coefficient (Wildman–Crippen LogP) is 3.60. The lowest BCUT2D eigenvalue weighted by Gasteiger charge is -2.00. The molecule has 0 saturated heterocycles. The Morgan fingerprint density at radius 3 is 1.83 bits per heavy atom. The first-order valence-electron chi connectivity index (χ1n) is 8.30. The van der Waals surface area contributed by atoms with Crippen molar-refractivity contribution < 1.29 is 29.7 Å². The van der Waals surface area contributed by atoms with E-state index in [1.165, 1.54) is 29.2 Å². The van der Waals surface area contributed by atoms with Crippen LogP contribution in [0.5, 0.6) is 0 Å². The third-order valence-corrected chi connectivity index (χ3v) is 3.79. The van der Waals surface area contributed by atoms with E-state index in [-0.39, 0.29) is 16.7 Å². The van der Waals surface area contributed by atoms with E-state index in [9.17, 15) is 14.4 Å². The van der Waals surface area contributed by atoms with Gasteiger partial charge in [-0.2, -0.15) is 5.10 Å². The van der Waals surface area contributed by atoms with Gasteiger partial charge in [-0.3, -0.25) is 0 Å². The van der Waals surface area contributed by atoms with Gasteiger partial charge in [0, 0.05) is 6.20 Å². The van der Waals surface area contributed by atoms with Crippen LogP contribution in [-0.2, 0) is 0 Å². The highest BCUT2D eigenvalue weighted by Crippen LogP contribution is 2.11. The predicted molar refractivity (Wildman–Crippen MR) is 106 cm³/mol. The van der Waals surface area contributed by atoms with Crippen molar-refractivity contribution in [3.8, 4) is 5.69 Å². The summed E-state index contributed by atoms with van der Waals surface area (Å²) < 4.78 is 1.52. The molecule has 3 aromatic rings. The van der Waals surface area contributed by atoms with Gasteiger partial charge in [-0.25, -0.2) is 19.1 Å². The summed E-state index contributed by atoms with van der Waals surface area (Å²) in [5, 5.41) is 30.0. The van der Waals surface area contributed by atoms with Gasteiger partial charge in [-0.15, -0.1) is 0 Å². The zero-order chi connectivity index (χ0) is 21.6. The molecule has 0 aliphatic rings. The van der Waals surface area contributed by atoms with Crippen LogP contribution in [-0.4, -0.2) is 43.0 Å². The molecule has 0 fully saturated rings. The van der Waals surface area contributed by atoms with Crippen LogP contribution < -0.4 is 0 Å². The SMILES string of the molecule is C=Cc1ccc(-n2cc(C(=O)O)cn2)cc1.Cc1cc(C(=O)O)cc(C(=O)O)c1. The summed E-state index contributed by atoms with van der Waals surface area (Å²) in [5.74, 6) is -3.22. The molecule has 0 saturated carbocycles. The minimum absolute atomic E-state index is 0.00241. The first-order valence-corrected chi connectivity index (χ1v) is 8.30. The molecular weight excluding hydrogens is 376 g/mol. The average Bonchev–Trinajstić information content (AvgIpc) is 3.18. The van der Waals surface area contributed by atoms with E-state index >= 15 is 0 Å². The van der Waals surface area contributed by atoms with Gasteiger partial charge >= 0.3 is 17.9 Å². The number of rotatable bonds is 5. The fourth-order valence-electron chi connectivity index (χ4n) is 2.37. The van der Waals surface area contributed by atoms with E-state index in [0.717, 1.165) is 17.3 Å². The highest BCUT2D eigenvalue weighted by molar-refractivity contribution is 5.94. The summed E-state index contributed by atoms with van der Waals surface area (Å²) in [5.41, 5.74) is 2.62. The number of carbonyl (C=O) groups is 3. The Balaban J connectivity index is 0.000000212. The molecule has 3 rings (SSSR count). The smallest absolute Gasteiger partial charge is 0.338 e. The van der Waals surface area contributed by atoms with Crippen molar-refractivity contribution in [1.82, 2.24) is 9.78 Å². The number of carboxylic acid groups (broad SMARTS) is 3. The minimum Gasteiger partial charge on any atom is -0.478 e. The highest BCUT2D eigenvalue weighted by atomic mass is 16.4. The molecule has 8 nitrogen and oxygen atoms in total. The Hall–Kier alpha value is -4.20. The quantitative estimate of drug-likeness (QED) is 0.603. The van der Waals surface area contributed by atoms with Crippen molar-refractivity contribution in [2.45, 2.75) is 6.92 Å². The molecule has 0 unspecified atom stereocenters. The molecule has 0 atom stereocenters. The van der Waals surface area contributed by atoms with Gasteiger partial charge in [-0.05, 0) is 48.4 Å². The van der Waals surface area contributed by atoms with Crippen LogP contribution in [0.25, 0.3) is 11.8 Å². The highest BCUT2D eigenvalue weighted by Gasteiger charge is 2.09. The number of aromatic carboxylic acids is 3. The van der Waals surface area contributed by atoms with Crippen molar-refractivity contribution in [2.75, 3.05) is 0 Å². The number of benzene rings is 2. The molecule has 8 heteroatoms. The van der Waals surface area contributed by atoms with Crippen molar-refractivity contribution in [2.24, 2.45) is 0 Å².